The first-order valence-corrected chi connectivity index (χ1v) is 2.74. The number of benzene rings is 1. The monoisotopic (exact) mass is 144 g/mol. The molecule has 10 heavy (non-hydrogen) atoms. The number of aryl methyl sites for hydroxylation is 2. The van der Waals surface area contributed by atoms with E-state index >= 15 is 0 Å². The summed E-state index contributed by atoms with van der Waals surface area (Å²) in [5.74, 6) is 0. The molecule has 50 valence electrons. The van der Waals surface area contributed by atoms with E-state index in [1.807, 2.05) is 12.1 Å². The van der Waals surface area contributed by atoms with Crippen molar-refractivity contribution in [2.24, 2.45) is 0 Å². The van der Waals surface area contributed by atoms with Crippen LogP contribution < -0.4 is 0 Å². The molecule has 0 aliphatic rings. The van der Waals surface area contributed by atoms with Gasteiger partial charge in [-0.1, -0.05) is 13.8 Å². The fraction of sp³-hybridized carbons (Fsp3) is 0.222. The van der Waals surface area contributed by atoms with Gasteiger partial charge < -0.3 is 7.43 Å². The van der Waals surface area contributed by atoms with E-state index in [2.05, 4.69) is 26.0 Å². The van der Waals surface area contributed by atoms with Crippen molar-refractivity contribution in [3.63, 3.8) is 0 Å². The van der Waals surface area contributed by atoms with Gasteiger partial charge in [0.05, 0.1) is 0 Å². The van der Waals surface area contributed by atoms with Gasteiger partial charge in [-0.3, -0.25) is 0 Å². The fourth-order valence-corrected chi connectivity index (χ4v) is 0.592. The van der Waals surface area contributed by atoms with Gasteiger partial charge in [-0.25, -0.2) is 0 Å². The van der Waals surface area contributed by atoms with E-state index in [0.29, 0.717) is 0 Å². The second kappa shape index (κ2) is 5.75. The van der Waals surface area contributed by atoms with Crippen LogP contribution in [0.2, 0.25) is 0 Å². The molecule has 1 rings (SSSR count). The van der Waals surface area contributed by atoms with Gasteiger partial charge in [0, 0.05) is 0 Å². The molecule has 0 radical (unpaired) electrons. The van der Waals surface area contributed by atoms with E-state index in [0.717, 1.165) is 0 Å². The molecule has 0 aromatic heterocycles. The van der Waals surface area contributed by atoms with Crippen molar-refractivity contribution in [1.82, 2.24) is 0 Å². The molecular formula is C9H12Mg. The molecule has 0 amide bonds. The second-order valence-electron chi connectivity index (χ2n) is 2.01. The van der Waals surface area contributed by atoms with E-state index in [1.54, 1.807) is 0 Å². The van der Waals surface area contributed by atoms with Gasteiger partial charge in [-0.15, -0.1) is 0 Å². The summed E-state index contributed by atoms with van der Waals surface area (Å²) in [4.78, 5) is 0. The van der Waals surface area contributed by atoms with Crippen molar-refractivity contribution in [2.45, 2.75) is 13.8 Å². The summed E-state index contributed by atoms with van der Waals surface area (Å²) in [5, 5.41) is 0. The zero-order valence-corrected chi connectivity index (χ0v) is 8.35. The smallest absolute Gasteiger partial charge is 0.358 e. The van der Waals surface area contributed by atoms with Crippen molar-refractivity contribution in [2.75, 3.05) is 0 Å². The summed E-state index contributed by atoms with van der Waals surface area (Å²) in [6, 6.07) is 8.99. The molecule has 0 N–H and O–H groups in total. The minimum Gasteiger partial charge on any atom is -0.358 e. The maximum Gasteiger partial charge on any atom is 2.00 e. The van der Waals surface area contributed by atoms with Crippen LogP contribution >= 0.6 is 0 Å². The minimum atomic E-state index is 0. The maximum atomic E-state index is 3.00. The van der Waals surface area contributed by atoms with Crippen LogP contribution in [-0.4, -0.2) is 23.1 Å². The molecule has 0 bridgehead atoms. The Bertz CT molecular complexity index is 161. The number of hydrogen-bond donors (Lipinski definition) is 0. The minimum absolute atomic E-state index is 0. The van der Waals surface area contributed by atoms with Crippen molar-refractivity contribution < 1.29 is 0 Å². The normalized spacial score (nSPS) is 7.40. The summed E-state index contributed by atoms with van der Waals surface area (Å²) in [5.41, 5.74) is 2.65. The summed E-state index contributed by atoms with van der Waals surface area (Å²) in [6.07, 6.45) is 0. The standard InChI is InChI=1S/C8H9.CH3.Mg/c1-7-5-3-4-6-8(7)2;;/h3,5-6H,1-2H3;1H3;/q2*-1;+2. The van der Waals surface area contributed by atoms with Crippen LogP contribution in [0.15, 0.2) is 18.2 Å². The summed E-state index contributed by atoms with van der Waals surface area (Å²) in [6.45, 7) is 4.19. The van der Waals surface area contributed by atoms with Crippen molar-refractivity contribution in [3.05, 3.63) is 42.8 Å². The summed E-state index contributed by atoms with van der Waals surface area (Å²) < 4.78 is 0. The fourth-order valence-electron chi connectivity index (χ4n) is 0.592. The van der Waals surface area contributed by atoms with Crippen LogP contribution in [0.3, 0.4) is 0 Å². The molecule has 0 aliphatic heterocycles. The van der Waals surface area contributed by atoms with Crippen LogP contribution in [0.5, 0.6) is 0 Å². The average Bonchev–Trinajstić information content (AvgIpc) is 1.77. The van der Waals surface area contributed by atoms with E-state index in [-0.39, 0.29) is 30.5 Å². The molecule has 0 unspecified atom stereocenters. The van der Waals surface area contributed by atoms with Gasteiger partial charge in [0.25, 0.3) is 0 Å². The van der Waals surface area contributed by atoms with Gasteiger partial charge in [0.2, 0.25) is 0 Å². The molecule has 1 heteroatoms. The largest absolute Gasteiger partial charge is 2.00 e. The SMILES string of the molecule is Cc1c[c-]ccc1C.[CH3-].[Mg+2]. The van der Waals surface area contributed by atoms with Gasteiger partial charge >= 0.3 is 23.1 Å². The molecule has 0 spiro atoms. The Labute approximate surface area is 79.8 Å². The summed E-state index contributed by atoms with van der Waals surface area (Å²) >= 11 is 0. The topological polar surface area (TPSA) is 0 Å². The Hall–Kier alpha value is -0.0138. The maximum absolute atomic E-state index is 3.00. The molecule has 0 heterocycles. The zero-order chi connectivity index (χ0) is 5.98. The second-order valence-corrected chi connectivity index (χ2v) is 2.01. The third-order valence-electron chi connectivity index (χ3n) is 1.35. The van der Waals surface area contributed by atoms with Crippen LogP contribution in [-0.2, 0) is 0 Å². The van der Waals surface area contributed by atoms with Crippen molar-refractivity contribution >= 4 is 23.1 Å². The Kier molecular flexibility index (Phi) is 7.27. The molecule has 1 aromatic rings. The van der Waals surface area contributed by atoms with Crippen molar-refractivity contribution in [3.8, 4) is 0 Å². The van der Waals surface area contributed by atoms with Crippen LogP contribution in [0, 0.1) is 27.3 Å². The molecular weight excluding hydrogens is 132 g/mol. The van der Waals surface area contributed by atoms with Crippen LogP contribution in [0.25, 0.3) is 0 Å². The third kappa shape index (κ3) is 3.23. The quantitative estimate of drug-likeness (QED) is 0.387. The van der Waals surface area contributed by atoms with Crippen molar-refractivity contribution in [1.29, 1.82) is 0 Å². The summed E-state index contributed by atoms with van der Waals surface area (Å²) in [7, 11) is 0. The molecule has 0 nitrogen and oxygen atoms in total. The molecule has 0 aliphatic carbocycles. The molecule has 1 aromatic carbocycles. The Morgan fingerprint density at radius 2 is 1.80 bits per heavy atom. The van der Waals surface area contributed by atoms with E-state index < -0.39 is 0 Å². The van der Waals surface area contributed by atoms with Gasteiger partial charge in [0.1, 0.15) is 0 Å². The first kappa shape index (κ1) is 12.6. The third-order valence-corrected chi connectivity index (χ3v) is 1.35. The van der Waals surface area contributed by atoms with E-state index in [1.165, 1.54) is 11.1 Å². The van der Waals surface area contributed by atoms with Crippen LogP contribution in [0.4, 0.5) is 0 Å². The molecule has 0 atom stereocenters. The predicted octanol–water partition coefficient (Wildman–Crippen LogP) is 2.17. The molecule has 0 saturated carbocycles. The first-order chi connectivity index (χ1) is 3.80. The predicted molar refractivity (Wildman–Crippen MR) is 46.9 cm³/mol. The Balaban J connectivity index is 0. The van der Waals surface area contributed by atoms with E-state index in [9.17, 15) is 0 Å². The van der Waals surface area contributed by atoms with Gasteiger partial charge in [-0.05, 0) is 0 Å². The number of hydrogen-bond acceptors (Lipinski definition) is 0. The van der Waals surface area contributed by atoms with Crippen LogP contribution in [0.1, 0.15) is 11.1 Å². The molecule has 0 saturated heterocycles. The Morgan fingerprint density at radius 3 is 2.10 bits per heavy atom. The zero-order valence-electron chi connectivity index (χ0n) is 6.94. The first-order valence-electron chi connectivity index (χ1n) is 2.74. The molecule has 0 fully saturated rings. The Morgan fingerprint density at radius 1 is 1.20 bits per heavy atom. The van der Waals surface area contributed by atoms with Gasteiger partial charge in [-0.2, -0.15) is 35.4 Å². The van der Waals surface area contributed by atoms with E-state index in [4.69, 9.17) is 0 Å². The van der Waals surface area contributed by atoms with Gasteiger partial charge in [0.15, 0.2) is 0 Å². The number of rotatable bonds is 0. The average molecular weight is 144 g/mol.